The number of nitrogens with one attached hydrogen (secondary N) is 1. The summed E-state index contributed by atoms with van der Waals surface area (Å²) in [6, 6.07) is 5.01. The molecule has 2 saturated heterocycles. The van der Waals surface area contributed by atoms with Crippen molar-refractivity contribution >= 4 is 17.6 Å². The predicted molar refractivity (Wildman–Crippen MR) is 111 cm³/mol. The minimum Gasteiger partial charge on any atom is -0.497 e. The third-order valence-electron chi connectivity index (χ3n) is 5.93. The molecule has 10 heteroatoms. The van der Waals surface area contributed by atoms with E-state index in [1.54, 1.807) is 44.2 Å². The van der Waals surface area contributed by atoms with E-state index in [0.717, 1.165) is 25.9 Å². The minimum absolute atomic E-state index is 0.0245. The lowest BCUT2D eigenvalue weighted by molar-refractivity contribution is -0.129. The van der Waals surface area contributed by atoms with Crippen molar-refractivity contribution in [1.29, 1.82) is 0 Å². The first-order valence-electron chi connectivity index (χ1n) is 10.4. The molecule has 0 radical (unpaired) electrons. The van der Waals surface area contributed by atoms with E-state index >= 15 is 0 Å². The van der Waals surface area contributed by atoms with E-state index in [4.69, 9.17) is 14.0 Å². The Balaban J connectivity index is 1.31. The zero-order chi connectivity index (χ0) is 22.0. The van der Waals surface area contributed by atoms with Crippen LogP contribution in [-0.2, 0) is 4.79 Å². The molecule has 1 aromatic heterocycles. The van der Waals surface area contributed by atoms with Crippen LogP contribution in [0.4, 0.5) is 10.5 Å². The summed E-state index contributed by atoms with van der Waals surface area (Å²) in [6.07, 6.45) is 1.67. The molecule has 2 aromatic rings. The van der Waals surface area contributed by atoms with Gasteiger partial charge in [-0.2, -0.15) is 4.98 Å². The van der Waals surface area contributed by atoms with Crippen LogP contribution in [0, 0.1) is 0 Å². The summed E-state index contributed by atoms with van der Waals surface area (Å²) >= 11 is 0. The average Bonchev–Trinajstić information content (AvgIpc) is 3.22. The highest BCUT2D eigenvalue weighted by atomic mass is 16.5. The first kappa shape index (κ1) is 21.0. The lowest BCUT2D eigenvalue weighted by Gasteiger charge is -2.37. The second kappa shape index (κ2) is 8.83. The maximum atomic E-state index is 12.6. The van der Waals surface area contributed by atoms with E-state index in [1.165, 1.54) is 0 Å². The lowest BCUT2D eigenvalue weighted by Crippen LogP contribution is -2.50. The number of anilines is 1. The molecule has 2 aliphatic rings. The van der Waals surface area contributed by atoms with Crippen LogP contribution in [0.3, 0.4) is 0 Å². The molecule has 0 bridgehead atoms. The first-order valence-corrected chi connectivity index (χ1v) is 10.4. The SMILES string of the molecule is COc1ccc(OC)c(NC(=O)N2CC(c3nc(C4CCN(C(C)=O)CC4)no3)C2)c1. The van der Waals surface area contributed by atoms with E-state index in [-0.39, 0.29) is 23.8 Å². The highest BCUT2D eigenvalue weighted by Gasteiger charge is 2.37. The van der Waals surface area contributed by atoms with Crippen LogP contribution in [0.1, 0.15) is 43.3 Å². The largest absolute Gasteiger partial charge is 0.497 e. The first-order chi connectivity index (χ1) is 15.0. The number of benzene rings is 1. The normalized spacial score (nSPS) is 17.3. The molecule has 0 spiro atoms. The van der Waals surface area contributed by atoms with Crippen molar-refractivity contribution in [1.82, 2.24) is 19.9 Å². The molecule has 31 heavy (non-hydrogen) atoms. The summed E-state index contributed by atoms with van der Waals surface area (Å²) in [5, 5.41) is 7.02. The number of urea groups is 1. The monoisotopic (exact) mass is 429 g/mol. The van der Waals surface area contributed by atoms with E-state index in [1.807, 2.05) is 4.90 Å². The van der Waals surface area contributed by atoms with Gasteiger partial charge in [-0.15, -0.1) is 0 Å². The number of likely N-dealkylation sites (tertiary alicyclic amines) is 2. The zero-order valence-electron chi connectivity index (χ0n) is 18.0. The van der Waals surface area contributed by atoms with Gasteiger partial charge in [0.1, 0.15) is 11.5 Å². The second-order valence-corrected chi connectivity index (χ2v) is 7.87. The van der Waals surface area contributed by atoms with Crippen molar-refractivity contribution < 1.29 is 23.6 Å². The maximum Gasteiger partial charge on any atom is 0.321 e. The Labute approximate surface area is 180 Å². The Kier molecular flexibility index (Phi) is 5.97. The molecule has 2 fully saturated rings. The third kappa shape index (κ3) is 4.42. The van der Waals surface area contributed by atoms with Crippen LogP contribution in [-0.4, -0.2) is 72.3 Å². The molecule has 166 valence electrons. The summed E-state index contributed by atoms with van der Waals surface area (Å²) in [7, 11) is 3.12. The van der Waals surface area contributed by atoms with Gasteiger partial charge in [-0.3, -0.25) is 4.79 Å². The predicted octanol–water partition coefficient (Wildman–Crippen LogP) is 2.44. The van der Waals surface area contributed by atoms with Crippen molar-refractivity contribution in [2.24, 2.45) is 0 Å². The molecule has 0 atom stereocenters. The third-order valence-corrected chi connectivity index (χ3v) is 5.93. The molecule has 1 N–H and O–H groups in total. The van der Waals surface area contributed by atoms with Crippen molar-refractivity contribution in [3.63, 3.8) is 0 Å². The number of hydrogen-bond acceptors (Lipinski definition) is 7. The molecule has 4 rings (SSSR count). The highest BCUT2D eigenvalue weighted by Crippen LogP contribution is 2.32. The van der Waals surface area contributed by atoms with E-state index < -0.39 is 0 Å². The second-order valence-electron chi connectivity index (χ2n) is 7.87. The fourth-order valence-corrected chi connectivity index (χ4v) is 3.94. The fourth-order valence-electron chi connectivity index (χ4n) is 3.94. The average molecular weight is 429 g/mol. The zero-order valence-corrected chi connectivity index (χ0v) is 18.0. The topological polar surface area (TPSA) is 110 Å². The number of aromatic nitrogens is 2. The molecule has 0 saturated carbocycles. The smallest absolute Gasteiger partial charge is 0.321 e. The lowest BCUT2D eigenvalue weighted by atomic mass is 9.96. The Morgan fingerprint density at radius 2 is 1.84 bits per heavy atom. The maximum absolute atomic E-state index is 12.6. The number of hydrogen-bond donors (Lipinski definition) is 1. The number of rotatable bonds is 5. The molecule has 10 nitrogen and oxygen atoms in total. The van der Waals surface area contributed by atoms with E-state index in [0.29, 0.717) is 42.0 Å². The van der Waals surface area contributed by atoms with Crippen LogP contribution in [0.2, 0.25) is 0 Å². The highest BCUT2D eigenvalue weighted by molar-refractivity contribution is 5.92. The molecular weight excluding hydrogens is 402 g/mol. The Morgan fingerprint density at radius 1 is 1.10 bits per heavy atom. The number of carbonyl (C=O) groups is 2. The van der Waals surface area contributed by atoms with Crippen molar-refractivity contribution in [3.05, 3.63) is 29.9 Å². The summed E-state index contributed by atoms with van der Waals surface area (Å²) in [5.41, 5.74) is 0.548. The summed E-state index contributed by atoms with van der Waals surface area (Å²) < 4.78 is 16.0. The number of piperidine rings is 1. The van der Waals surface area contributed by atoms with Gasteiger partial charge >= 0.3 is 6.03 Å². The molecule has 0 aliphatic carbocycles. The van der Waals surface area contributed by atoms with Gasteiger partial charge in [-0.1, -0.05) is 5.16 Å². The summed E-state index contributed by atoms with van der Waals surface area (Å²) in [5.74, 6) is 2.78. The van der Waals surface area contributed by atoms with Gasteiger partial charge in [-0.25, -0.2) is 4.79 Å². The minimum atomic E-state index is -0.223. The molecule has 2 aliphatic heterocycles. The quantitative estimate of drug-likeness (QED) is 0.777. The number of amides is 3. The summed E-state index contributed by atoms with van der Waals surface area (Å²) in [6.45, 7) is 4.03. The van der Waals surface area contributed by atoms with Gasteiger partial charge in [0, 0.05) is 45.1 Å². The van der Waals surface area contributed by atoms with Crippen LogP contribution in [0.25, 0.3) is 0 Å². The van der Waals surface area contributed by atoms with Crippen molar-refractivity contribution in [2.75, 3.05) is 45.7 Å². The van der Waals surface area contributed by atoms with Gasteiger partial charge in [0.25, 0.3) is 0 Å². The van der Waals surface area contributed by atoms with Gasteiger partial charge in [0.2, 0.25) is 11.8 Å². The molecule has 0 unspecified atom stereocenters. The van der Waals surface area contributed by atoms with E-state index in [2.05, 4.69) is 15.5 Å². The number of methoxy groups -OCH3 is 2. The number of carbonyl (C=O) groups excluding carboxylic acids is 2. The van der Waals surface area contributed by atoms with Crippen LogP contribution < -0.4 is 14.8 Å². The van der Waals surface area contributed by atoms with Crippen LogP contribution in [0.15, 0.2) is 22.7 Å². The van der Waals surface area contributed by atoms with Gasteiger partial charge in [-0.05, 0) is 25.0 Å². The van der Waals surface area contributed by atoms with Crippen LogP contribution in [0.5, 0.6) is 11.5 Å². The molecule has 3 amide bonds. The van der Waals surface area contributed by atoms with Crippen molar-refractivity contribution in [3.8, 4) is 11.5 Å². The van der Waals surface area contributed by atoms with Crippen molar-refractivity contribution in [2.45, 2.75) is 31.6 Å². The van der Waals surface area contributed by atoms with Crippen LogP contribution >= 0.6 is 0 Å². The number of nitrogens with zero attached hydrogens (tertiary/aromatic N) is 4. The molecular formula is C21H27N5O5. The van der Waals surface area contributed by atoms with Gasteiger partial charge in [0.05, 0.1) is 25.8 Å². The molecule has 1 aromatic carbocycles. The Hall–Kier alpha value is -3.30. The summed E-state index contributed by atoms with van der Waals surface area (Å²) in [4.78, 5) is 32.2. The fraction of sp³-hybridized carbons (Fsp3) is 0.524. The van der Waals surface area contributed by atoms with Gasteiger partial charge in [0.15, 0.2) is 5.82 Å². The van der Waals surface area contributed by atoms with E-state index in [9.17, 15) is 9.59 Å². The molecule has 3 heterocycles. The number of ether oxygens (including phenoxy) is 2. The Morgan fingerprint density at radius 3 is 2.48 bits per heavy atom. The standard InChI is InChI=1S/C21H27N5O5/c1-13(27)25-8-6-14(7-9-25)19-23-20(31-24-19)15-11-26(12-15)21(28)22-17-10-16(29-2)4-5-18(17)30-3/h4-5,10,14-15H,6-9,11-12H2,1-3H3,(H,22,28). The van der Waals surface area contributed by atoms with Gasteiger partial charge < -0.3 is 29.1 Å². The Bertz CT molecular complexity index is 947.